The molecule has 0 aromatic heterocycles. The van der Waals surface area contributed by atoms with Crippen molar-refractivity contribution < 1.29 is 47.0 Å². The van der Waals surface area contributed by atoms with Crippen LogP contribution in [0.2, 0.25) is 0 Å². The molecule has 3 rings (SSSR count). The highest BCUT2D eigenvalue weighted by Gasteiger charge is 2.50. The van der Waals surface area contributed by atoms with Crippen molar-refractivity contribution in [2.24, 2.45) is 11.8 Å². The number of ether oxygens (including phenoxy) is 3. The highest BCUT2D eigenvalue weighted by molar-refractivity contribution is 5.98. The van der Waals surface area contributed by atoms with Crippen LogP contribution in [0.15, 0.2) is 30.3 Å². The van der Waals surface area contributed by atoms with Gasteiger partial charge in [-0.3, -0.25) is 28.9 Å². The molecule has 0 spiro atoms. The summed E-state index contributed by atoms with van der Waals surface area (Å²) in [6.07, 6.45) is 1.10. The summed E-state index contributed by atoms with van der Waals surface area (Å²) >= 11 is 0. The number of halogens is 2. The number of epoxide rings is 1. The summed E-state index contributed by atoms with van der Waals surface area (Å²) in [5, 5.41) is 10.6. The van der Waals surface area contributed by atoms with Crippen LogP contribution in [0.5, 0.6) is 0 Å². The summed E-state index contributed by atoms with van der Waals surface area (Å²) in [7, 11) is 0. The number of benzene rings is 1. The van der Waals surface area contributed by atoms with E-state index in [0.29, 0.717) is 32.7 Å². The fourth-order valence-corrected chi connectivity index (χ4v) is 5.62. The van der Waals surface area contributed by atoms with Crippen molar-refractivity contribution in [1.29, 1.82) is 0 Å². The van der Waals surface area contributed by atoms with Crippen LogP contribution >= 0.6 is 0 Å². The molecule has 4 N–H and O–H groups in total. The number of aryl methyl sites for hydroxylation is 1. The molecule has 2 saturated heterocycles. The van der Waals surface area contributed by atoms with Gasteiger partial charge in [0.2, 0.25) is 23.6 Å². The Labute approximate surface area is 292 Å². The van der Waals surface area contributed by atoms with Crippen LogP contribution in [0.4, 0.5) is 8.78 Å². The van der Waals surface area contributed by atoms with Crippen molar-refractivity contribution in [3.05, 3.63) is 35.9 Å². The molecule has 2 fully saturated rings. The number of carbonyl (C=O) groups is 5. The second-order valence-electron chi connectivity index (χ2n) is 14.0. The van der Waals surface area contributed by atoms with Gasteiger partial charge in [-0.05, 0) is 50.0 Å². The van der Waals surface area contributed by atoms with E-state index in [2.05, 4.69) is 26.0 Å². The SMILES string of the molecule is CC(C)C[C@H](NC(=O)[C@H](CCc1ccccc1)NC(=O)CN1CCOCC1)C(=O)N[C@@H](COC(F)F)C(=O)N[C@@H](CC(C)C)C(=O)[C@]1(C)CO1. The predicted molar refractivity (Wildman–Crippen MR) is 180 cm³/mol. The number of hydrogen-bond acceptors (Lipinski definition) is 9. The molecule has 0 aliphatic carbocycles. The Morgan fingerprint density at radius 1 is 0.820 bits per heavy atom. The van der Waals surface area contributed by atoms with Gasteiger partial charge in [0.25, 0.3) is 0 Å². The number of amides is 4. The standard InChI is InChI=1S/C35H53F2N5O8/c1-22(2)17-26(30(44)35(5)21-50-35)39-33(47)28(20-49-34(36)37)41-32(46)27(18-23(3)4)40-31(45)25(12-11-24-9-7-6-8-10-24)38-29(43)19-42-13-15-48-16-14-42/h6-10,22-23,25-28,34H,11-21H2,1-5H3,(H,38,43)(H,39,47)(H,40,45)(H,41,46)/t25-,26-,27-,28-,35-/m0/s1. The zero-order valence-electron chi connectivity index (χ0n) is 29.7. The first kappa shape index (κ1) is 40.9. The molecule has 13 nitrogen and oxygen atoms in total. The number of morpholine rings is 1. The molecular weight excluding hydrogens is 656 g/mol. The molecular formula is C35H53F2N5O8. The average molecular weight is 710 g/mol. The number of ketones is 1. The van der Waals surface area contributed by atoms with E-state index in [1.165, 1.54) is 0 Å². The second kappa shape index (κ2) is 19.8. The Hall–Kier alpha value is -3.53. The van der Waals surface area contributed by atoms with Gasteiger partial charge in [-0.25, -0.2) is 0 Å². The Morgan fingerprint density at radius 2 is 1.36 bits per heavy atom. The molecule has 0 saturated carbocycles. The summed E-state index contributed by atoms with van der Waals surface area (Å²) in [4.78, 5) is 68.9. The Balaban J connectivity index is 1.76. The molecule has 1 aromatic rings. The third-order valence-corrected chi connectivity index (χ3v) is 8.49. The lowest BCUT2D eigenvalue weighted by Crippen LogP contribution is -2.59. The molecule has 1 aromatic carbocycles. The number of carbonyl (C=O) groups excluding carboxylic acids is 5. The van der Waals surface area contributed by atoms with Crippen molar-refractivity contribution in [3.63, 3.8) is 0 Å². The van der Waals surface area contributed by atoms with Crippen molar-refractivity contribution in [1.82, 2.24) is 26.2 Å². The smallest absolute Gasteiger partial charge is 0.345 e. The zero-order chi connectivity index (χ0) is 36.8. The minimum Gasteiger partial charge on any atom is -0.379 e. The van der Waals surface area contributed by atoms with E-state index >= 15 is 0 Å². The van der Waals surface area contributed by atoms with Gasteiger partial charge in [-0.1, -0.05) is 58.0 Å². The largest absolute Gasteiger partial charge is 0.379 e. The summed E-state index contributed by atoms with van der Waals surface area (Å²) in [6.45, 7) is 7.29. The van der Waals surface area contributed by atoms with Gasteiger partial charge in [0.05, 0.1) is 39.0 Å². The molecule has 2 heterocycles. The number of Topliss-reactive ketones (excluding diaryl/α,β-unsaturated/α-hetero) is 1. The van der Waals surface area contributed by atoms with Crippen LogP contribution in [-0.4, -0.2) is 117 Å². The maximum absolute atomic E-state index is 13.8. The molecule has 2 aliphatic rings. The first-order valence-electron chi connectivity index (χ1n) is 17.3. The number of alkyl halides is 2. The Morgan fingerprint density at radius 3 is 1.94 bits per heavy atom. The Bertz CT molecular complexity index is 1270. The highest BCUT2D eigenvalue weighted by Crippen LogP contribution is 2.29. The quantitative estimate of drug-likeness (QED) is 0.139. The lowest BCUT2D eigenvalue weighted by atomic mass is 9.93. The van der Waals surface area contributed by atoms with E-state index in [-0.39, 0.29) is 55.9 Å². The van der Waals surface area contributed by atoms with Gasteiger partial charge in [0.15, 0.2) is 5.78 Å². The molecule has 2 aliphatic heterocycles. The minimum atomic E-state index is -3.23. The van der Waals surface area contributed by atoms with Gasteiger partial charge >= 0.3 is 6.61 Å². The van der Waals surface area contributed by atoms with Gasteiger partial charge in [0, 0.05) is 13.1 Å². The first-order valence-corrected chi connectivity index (χ1v) is 17.3. The van der Waals surface area contributed by atoms with Gasteiger partial charge in [0.1, 0.15) is 23.7 Å². The third-order valence-electron chi connectivity index (χ3n) is 8.49. The van der Waals surface area contributed by atoms with E-state index in [9.17, 15) is 32.8 Å². The van der Waals surface area contributed by atoms with Crippen molar-refractivity contribution in [2.45, 2.75) is 96.7 Å². The summed E-state index contributed by atoms with van der Waals surface area (Å²) in [5.41, 5.74) is -0.0969. The third kappa shape index (κ3) is 14.0. The van der Waals surface area contributed by atoms with Gasteiger partial charge in [-0.2, -0.15) is 8.78 Å². The number of hydrogen-bond donors (Lipinski definition) is 4. The molecule has 0 bridgehead atoms. The minimum absolute atomic E-state index is 0.00760. The van der Waals surface area contributed by atoms with Crippen LogP contribution < -0.4 is 21.3 Å². The van der Waals surface area contributed by atoms with Crippen LogP contribution in [0, 0.1) is 11.8 Å². The second-order valence-corrected chi connectivity index (χ2v) is 14.0. The number of rotatable bonds is 21. The maximum Gasteiger partial charge on any atom is 0.345 e. The normalized spacial score (nSPS) is 20.1. The van der Waals surface area contributed by atoms with E-state index in [0.717, 1.165) is 5.56 Å². The van der Waals surface area contributed by atoms with Crippen LogP contribution in [0.25, 0.3) is 0 Å². The molecule has 4 amide bonds. The zero-order valence-corrected chi connectivity index (χ0v) is 29.7. The van der Waals surface area contributed by atoms with Crippen molar-refractivity contribution >= 4 is 29.4 Å². The van der Waals surface area contributed by atoms with Gasteiger partial charge < -0.3 is 35.5 Å². The maximum atomic E-state index is 13.8. The topological polar surface area (TPSA) is 168 Å². The van der Waals surface area contributed by atoms with Crippen LogP contribution in [0.3, 0.4) is 0 Å². The summed E-state index contributed by atoms with van der Waals surface area (Å²) in [5.74, 6) is -3.15. The average Bonchev–Trinajstić information content (AvgIpc) is 3.82. The fourth-order valence-electron chi connectivity index (χ4n) is 5.62. The number of nitrogens with zero attached hydrogens (tertiary/aromatic N) is 1. The summed E-state index contributed by atoms with van der Waals surface area (Å²) < 4.78 is 41.3. The lowest BCUT2D eigenvalue weighted by Gasteiger charge is -2.29. The monoisotopic (exact) mass is 709 g/mol. The lowest BCUT2D eigenvalue weighted by molar-refractivity contribution is -0.149. The van der Waals surface area contributed by atoms with Gasteiger partial charge in [-0.15, -0.1) is 0 Å². The highest BCUT2D eigenvalue weighted by atomic mass is 19.3. The van der Waals surface area contributed by atoms with Crippen LogP contribution in [-0.2, 0) is 44.6 Å². The van der Waals surface area contributed by atoms with E-state index in [1.54, 1.807) is 6.92 Å². The first-order chi connectivity index (χ1) is 23.7. The molecule has 280 valence electrons. The van der Waals surface area contributed by atoms with Crippen molar-refractivity contribution in [2.75, 3.05) is 46.1 Å². The molecule has 0 radical (unpaired) electrons. The molecule has 0 unspecified atom stereocenters. The van der Waals surface area contributed by atoms with E-state index < -0.39 is 60.7 Å². The summed E-state index contributed by atoms with van der Waals surface area (Å²) in [6, 6.07) is 4.64. The van der Waals surface area contributed by atoms with Crippen molar-refractivity contribution in [3.8, 4) is 0 Å². The van der Waals surface area contributed by atoms with Crippen LogP contribution in [0.1, 0.15) is 59.4 Å². The molecule has 15 heteroatoms. The van der Waals surface area contributed by atoms with E-state index in [4.69, 9.17) is 9.47 Å². The van der Waals surface area contributed by atoms with E-state index in [1.807, 2.05) is 62.9 Å². The number of nitrogens with one attached hydrogen (secondary N) is 4. The Kier molecular flexibility index (Phi) is 16.2. The fraction of sp³-hybridized carbons (Fsp3) is 0.686. The predicted octanol–water partition coefficient (Wildman–Crippen LogP) is 1.58. The molecule has 50 heavy (non-hydrogen) atoms. The molecule has 5 atom stereocenters.